The molecule has 0 aromatic rings. The molecule has 0 aliphatic carbocycles. The van der Waals surface area contributed by atoms with Gasteiger partial charge in [0.25, 0.3) is 0 Å². The van der Waals surface area contributed by atoms with Crippen molar-refractivity contribution in [2.45, 2.75) is 182 Å². The lowest BCUT2D eigenvalue weighted by atomic mass is 9.81. The number of esters is 1. The number of nitrogens with two attached hydrogens (primary N) is 1. The molecule has 3 aliphatic heterocycles. The molecular formula is C51H82N2O19. The first-order chi connectivity index (χ1) is 34.0. The van der Waals surface area contributed by atoms with Gasteiger partial charge in [0.1, 0.15) is 17.7 Å². The minimum atomic E-state index is -2.42. The van der Waals surface area contributed by atoms with Crippen LogP contribution in [0, 0.1) is 17.8 Å². The second kappa shape index (κ2) is 30.7. The summed E-state index contributed by atoms with van der Waals surface area (Å²) in [5.74, 6) is -6.55. The number of aliphatic hydroxyl groups excluding tert-OH is 12. The monoisotopic (exact) mass is 1030 g/mol. The molecule has 410 valence electrons. The van der Waals surface area contributed by atoms with Crippen molar-refractivity contribution in [1.82, 2.24) is 5.32 Å². The Bertz CT molecular complexity index is 1830. The highest BCUT2D eigenvalue weighted by Gasteiger charge is 2.52. The van der Waals surface area contributed by atoms with E-state index in [1.807, 2.05) is 13.0 Å². The number of rotatable bonds is 7. The summed E-state index contributed by atoms with van der Waals surface area (Å²) in [6.45, 7) is 3.96. The lowest BCUT2D eigenvalue weighted by Gasteiger charge is -2.46. The molecule has 0 aromatic carbocycles. The number of carbonyl (C=O) groups is 2. The van der Waals surface area contributed by atoms with Gasteiger partial charge in [0, 0.05) is 37.5 Å². The first-order valence-corrected chi connectivity index (χ1v) is 24.6. The Labute approximate surface area is 421 Å². The number of amides is 1. The van der Waals surface area contributed by atoms with Gasteiger partial charge < -0.3 is 96.4 Å². The SMILES string of the molecule is C[C@@H]1OC(=O)CC(O)CC(O)CCC(O)C(O)CC(O)CC2(O)C[C@H](O)C(C(=O)NC(CO)(CO)CO)[C@H](CC(O[C@@H]3O[C@H](C)[C@@H](O)[C@H](N)C3O)/C=C/C=C/C=C/C=C/C=C/C=C/C=C/[C@H](C)C(O)[C@H]1C)O2. The fraction of sp³-hybridized carbons (Fsp3) is 0.686. The standard InChI is InChI=1S/C51H82N2O19/c1-30-17-15-13-11-9-7-5-6-8-10-12-14-16-18-37(71-49-47(66)44(52)46(65)33(4)70-49)24-41-43(48(67)53-50(27-54,28-55)29-56)40(62)26-51(68,72-41)25-36(59)22-39(61)38(60)20-19-34(57)21-35(58)23-42(63)69-32(3)31(2)45(30)64/h5-18,30-41,43-47,49,54-62,64-66,68H,19-29,52H2,1-4H3,(H,53,67)/b6-5+,9-7+,10-8+,13-11+,14-12+,17-15+,18-16+/t30-,31-,32-,33+,34?,35?,36?,37?,38?,39?,40-,41-,43?,44-,45?,46+,47?,49-,51?/m0/s1. The topological polar surface area (TPSA) is 372 Å². The number of cyclic esters (lactones) is 1. The third kappa shape index (κ3) is 19.9. The number of hydrogen-bond donors (Lipinski definition) is 15. The maximum Gasteiger partial charge on any atom is 0.308 e. The van der Waals surface area contributed by atoms with Crippen LogP contribution in [0.2, 0.25) is 0 Å². The van der Waals surface area contributed by atoms with E-state index in [0.29, 0.717) is 0 Å². The molecule has 3 heterocycles. The normalized spacial score (nSPS) is 42.4. The largest absolute Gasteiger partial charge is 0.462 e. The number of carbonyl (C=O) groups excluding carboxylic acids is 2. The van der Waals surface area contributed by atoms with Crippen molar-refractivity contribution < 1.29 is 94.9 Å². The highest BCUT2D eigenvalue weighted by Crippen LogP contribution is 2.38. The van der Waals surface area contributed by atoms with Crippen molar-refractivity contribution in [2.75, 3.05) is 19.8 Å². The Balaban J connectivity index is 1.98. The van der Waals surface area contributed by atoms with Crippen LogP contribution in [0.1, 0.15) is 79.1 Å². The molecule has 0 radical (unpaired) electrons. The van der Waals surface area contributed by atoms with E-state index in [9.17, 15) is 76.0 Å². The Morgan fingerprint density at radius 3 is 1.81 bits per heavy atom. The van der Waals surface area contributed by atoms with Crippen LogP contribution in [0.5, 0.6) is 0 Å². The molecule has 0 saturated carbocycles. The highest BCUT2D eigenvalue weighted by molar-refractivity contribution is 5.81. The van der Waals surface area contributed by atoms with E-state index in [2.05, 4.69) is 5.32 Å². The molecule has 2 saturated heterocycles. The van der Waals surface area contributed by atoms with Crippen molar-refractivity contribution in [3.8, 4) is 0 Å². The van der Waals surface area contributed by atoms with Crippen LogP contribution in [0.25, 0.3) is 0 Å². The lowest BCUT2D eigenvalue weighted by molar-refractivity contribution is -0.307. The molecule has 16 N–H and O–H groups in total. The summed E-state index contributed by atoms with van der Waals surface area (Å²) in [6.07, 6.45) is 2.19. The highest BCUT2D eigenvalue weighted by atomic mass is 16.7. The molecule has 2 bridgehead atoms. The molecule has 3 rings (SSSR count). The molecule has 10 unspecified atom stereocenters. The summed E-state index contributed by atoms with van der Waals surface area (Å²) in [4.78, 5) is 26.6. The van der Waals surface area contributed by atoms with Crippen LogP contribution in [-0.2, 0) is 28.5 Å². The molecule has 0 spiro atoms. The number of hydrogen-bond acceptors (Lipinski definition) is 20. The van der Waals surface area contributed by atoms with E-state index in [0.717, 1.165) is 0 Å². The summed E-state index contributed by atoms with van der Waals surface area (Å²) in [6, 6.07) is -1.20. The van der Waals surface area contributed by atoms with Crippen LogP contribution < -0.4 is 11.1 Å². The summed E-state index contributed by atoms with van der Waals surface area (Å²) >= 11 is 0. The number of nitrogens with one attached hydrogen (secondary N) is 1. The molecule has 0 aromatic heterocycles. The minimum Gasteiger partial charge on any atom is -0.462 e. The van der Waals surface area contributed by atoms with Crippen molar-refractivity contribution in [2.24, 2.45) is 23.5 Å². The van der Waals surface area contributed by atoms with Gasteiger partial charge in [-0.2, -0.15) is 0 Å². The van der Waals surface area contributed by atoms with E-state index in [-0.39, 0.29) is 25.2 Å². The van der Waals surface area contributed by atoms with E-state index in [1.165, 1.54) is 13.0 Å². The smallest absolute Gasteiger partial charge is 0.308 e. The quantitative estimate of drug-likeness (QED) is 0.129. The van der Waals surface area contributed by atoms with Crippen LogP contribution in [0.3, 0.4) is 0 Å². The minimum absolute atomic E-state index is 0.138. The van der Waals surface area contributed by atoms with Crippen LogP contribution in [0.4, 0.5) is 0 Å². The zero-order valence-electron chi connectivity index (χ0n) is 41.6. The van der Waals surface area contributed by atoms with Gasteiger partial charge in [-0.15, -0.1) is 0 Å². The fourth-order valence-corrected chi connectivity index (χ4v) is 8.60. The van der Waals surface area contributed by atoms with E-state index >= 15 is 0 Å². The molecule has 72 heavy (non-hydrogen) atoms. The van der Waals surface area contributed by atoms with Gasteiger partial charge >= 0.3 is 5.97 Å². The Kier molecular flexibility index (Phi) is 26.8. The Morgan fingerprint density at radius 1 is 0.681 bits per heavy atom. The van der Waals surface area contributed by atoms with Crippen LogP contribution >= 0.6 is 0 Å². The number of fused-ring (bicyclic) bond motifs is 2. The van der Waals surface area contributed by atoms with Gasteiger partial charge in [-0.25, -0.2) is 0 Å². The Hall–Kier alpha value is -3.56. The van der Waals surface area contributed by atoms with Gasteiger partial charge in [-0.1, -0.05) is 98.9 Å². The van der Waals surface area contributed by atoms with E-state index < -0.39 is 179 Å². The third-order valence-electron chi connectivity index (χ3n) is 13.3. The zero-order chi connectivity index (χ0) is 53.8. The number of aliphatic hydroxyl groups is 13. The van der Waals surface area contributed by atoms with Gasteiger partial charge in [0.15, 0.2) is 12.1 Å². The molecule has 21 nitrogen and oxygen atoms in total. The van der Waals surface area contributed by atoms with Crippen molar-refractivity contribution in [1.29, 1.82) is 0 Å². The predicted molar refractivity (Wildman–Crippen MR) is 261 cm³/mol. The number of ether oxygens (including phenoxy) is 4. The van der Waals surface area contributed by atoms with Crippen molar-refractivity contribution in [3.05, 3.63) is 85.1 Å². The predicted octanol–water partition coefficient (Wildman–Crippen LogP) is -1.54. The van der Waals surface area contributed by atoms with Crippen LogP contribution in [-0.4, -0.2) is 201 Å². The Morgan fingerprint density at radius 2 is 1.24 bits per heavy atom. The average molecular weight is 1030 g/mol. The van der Waals surface area contributed by atoms with Gasteiger partial charge in [-0.3, -0.25) is 9.59 Å². The third-order valence-corrected chi connectivity index (χ3v) is 13.3. The first kappa shape index (κ1) is 62.7. The molecule has 21 heteroatoms. The number of allylic oxidation sites excluding steroid dienone is 12. The maximum absolute atomic E-state index is 14.0. The summed E-state index contributed by atoms with van der Waals surface area (Å²) < 4.78 is 23.5. The molecule has 2 fully saturated rings. The maximum atomic E-state index is 14.0. The van der Waals surface area contributed by atoms with Gasteiger partial charge in [0.2, 0.25) is 5.91 Å². The van der Waals surface area contributed by atoms with E-state index in [1.54, 1.807) is 86.8 Å². The lowest BCUT2D eigenvalue weighted by Crippen LogP contribution is -2.64. The zero-order valence-corrected chi connectivity index (χ0v) is 41.6. The van der Waals surface area contributed by atoms with Gasteiger partial charge in [0.05, 0.1) is 105 Å². The van der Waals surface area contributed by atoms with E-state index in [4.69, 9.17) is 24.7 Å². The molecule has 1 amide bonds. The molecule has 3 aliphatic rings. The summed E-state index contributed by atoms with van der Waals surface area (Å²) in [7, 11) is 0. The molecular weight excluding hydrogens is 945 g/mol. The second-order valence-corrected chi connectivity index (χ2v) is 19.5. The first-order valence-electron chi connectivity index (χ1n) is 24.6. The summed E-state index contributed by atoms with van der Waals surface area (Å²) in [5.41, 5.74) is 4.14. The van der Waals surface area contributed by atoms with Crippen LogP contribution in [0.15, 0.2) is 85.1 Å². The fourth-order valence-electron chi connectivity index (χ4n) is 8.60. The van der Waals surface area contributed by atoms with Crippen molar-refractivity contribution in [3.63, 3.8) is 0 Å². The molecule has 19 atom stereocenters. The second-order valence-electron chi connectivity index (χ2n) is 19.5. The summed E-state index contributed by atoms with van der Waals surface area (Å²) in [5, 5.41) is 142. The van der Waals surface area contributed by atoms with Gasteiger partial charge in [-0.05, 0) is 33.1 Å². The average Bonchev–Trinajstić information content (AvgIpc) is 3.31. The van der Waals surface area contributed by atoms with Crippen molar-refractivity contribution >= 4 is 11.9 Å².